The van der Waals surface area contributed by atoms with Gasteiger partial charge in [-0.15, -0.1) is 0 Å². The summed E-state index contributed by atoms with van der Waals surface area (Å²) in [7, 11) is 1.73. The highest BCUT2D eigenvalue weighted by Gasteiger charge is 2.31. The standard InChI is InChI=1S/C17H25NO3/c1-3-21-17(19)11-15-9-10-18(13-16(15)20-2)12-14-7-5-4-6-8-14/h4-8,15-16H,3,9-13H2,1-2H3. The van der Waals surface area contributed by atoms with Crippen LogP contribution in [0.1, 0.15) is 25.3 Å². The molecule has 1 aliphatic rings. The highest BCUT2D eigenvalue weighted by molar-refractivity contribution is 5.69. The number of rotatable bonds is 6. The fourth-order valence-corrected chi connectivity index (χ4v) is 2.95. The van der Waals surface area contributed by atoms with Gasteiger partial charge in [0, 0.05) is 20.2 Å². The molecule has 0 amide bonds. The maximum atomic E-state index is 11.7. The van der Waals surface area contributed by atoms with Gasteiger partial charge in [-0.05, 0) is 31.4 Å². The van der Waals surface area contributed by atoms with Gasteiger partial charge in [0.1, 0.15) is 0 Å². The van der Waals surface area contributed by atoms with Gasteiger partial charge in [0.15, 0.2) is 0 Å². The van der Waals surface area contributed by atoms with Crippen molar-refractivity contribution in [3.63, 3.8) is 0 Å². The normalized spacial score (nSPS) is 23.0. The SMILES string of the molecule is CCOC(=O)CC1CCN(Cc2ccccc2)CC1OC. The number of hydrogen-bond donors (Lipinski definition) is 0. The average molecular weight is 291 g/mol. The van der Waals surface area contributed by atoms with Crippen molar-refractivity contribution in [2.24, 2.45) is 5.92 Å². The number of likely N-dealkylation sites (tertiary alicyclic amines) is 1. The number of hydrogen-bond acceptors (Lipinski definition) is 4. The second-order valence-electron chi connectivity index (χ2n) is 5.55. The van der Waals surface area contributed by atoms with Crippen molar-refractivity contribution < 1.29 is 14.3 Å². The van der Waals surface area contributed by atoms with Crippen molar-refractivity contribution in [3.8, 4) is 0 Å². The summed E-state index contributed by atoms with van der Waals surface area (Å²) in [5, 5.41) is 0. The van der Waals surface area contributed by atoms with Crippen molar-refractivity contribution in [2.75, 3.05) is 26.8 Å². The molecule has 116 valence electrons. The van der Waals surface area contributed by atoms with E-state index in [9.17, 15) is 4.79 Å². The molecule has 2 atom stereocenters. The Balaban J connectivity index is 1.87. The van der Waals surface area contributed by atoms with E-state index in [1.54, 1.807) is 7.11 Å². The van der Waals surface area contributed by atoms with Crippen LogP contribution in [0.15, 0.2) is 30.3 Å². The Morgan fingerprint density at radius 2 is 2.10 bits per heavy atom. The maximum absolute atomic E-state index is 11.7. The van der Waals surface area contributed by atoms with Crippen molar-refractivity contribution in [3.05, 3.63) is 35.9 Å². The van der Waals surface area contributed by atoms with Crippen molar-refractivity contribution >= 4 is 5.97 Å². The van der Waals surface area contributed by atoms with Gasteiger partial charge in [0.25, 0.3) is 0 Å². The van der Waals surface area contributed by atoms with Gasteiger partial charge in [-0.2, -0.15) is 0 Å². The zero-order chi connectivity index (χ0) is 15.1. The number of esters is 1. The molecule has 1 aromatic carbocycles. The van der Waals surface area contributed by atoms with Crippen LogP contribution in [0, 0.1) is 5.92 Å². The molecular formula is C17H25NO3. The molecule has 1 fully saturated rings. The van der Waals surface area contributed by atoms with E-state index in [1.807, 2.05) is 13.0 Å². The Kier molecular flexibility index (Phi) is 6.21. The van der Waals surface area contributed by atoms with E-state index in [0.717, 1.165) is 26.1 Å². The van der Waals surface area contributed by atoms with Gasteiger partial charge in [-0.25, -0.2) is 0 Å². The van der Waals surface area contributed by atoms with E-state index in [-0.39, 0.29) is 18.0 Å². The quantitative estimate of drug-likeness (QED) is 0.755. The van der Waals surface area contributed by atoms with Gasteiger partial charge in [0.2, 0.25) is 0 Å². The Hall–Kier alpha value is -1.39. The molecule has 2 unspecified atom stereocenters. The van der Waals surface area contributed by atoms with Crippen molar-refractivity contribution in [2.45, 2.75) is 32.4 Å². The van der Waals surface area contributed by atoms with Crippen molar-refractivity contribution in [1.82, 2.24) is 4.90 Å². The van der Waals surface area contributed by atoms with E-state index in [4.69, 9.17) is 9.47 Å². The third-order valence-electron chi connectivity index (χ3n) is 4.07. The maximum Gasteiger partial charge on any atom is 0.306 e. The van der Waals surface area contributed by atoms with E-state index in [1.165, 1.54) is 5.56 Å². The Morgan fingerprint density at radius 1 is 1.33 bits per heavy atom. The average Bonchev–Trinajstić information content (AvgIpc) is 2.50. The molecule has 0 aliphatic carbocycles. The van der Waals surface area contributed by atoms with Gasteiger partial charge in [-0.1, -0.05) is 30.3 Å². The first-order valence-corrected chi connectivity index (χ1v) is 7.67. The summed E-state index contributed by atoms with van der Waals surface area (Å²) in [5.41, 5.74) is 1.32. The number of carbonyl (C=O) groups is 1. The van der Waals surface area contributed by atoms with Crippen LogP contribution in [0.3, 0.4) is 0 Å². The number of nitrogens with zero attached hydrogens (tertiary/aromatic N) is 1. The minimum atomic E-state index is -0.110. The number of carbonyl (C=O) groups excluding carboxylic acids is 1. The molecule has 1 aromatic rings. The zero-order valence-corrected chi connectivity index (χ0v) is 13.0. The molecule has 4 nitrogen and oxygen atoms in total. The molecule has 4 heteroatoms. The van der Waals surface area contributed by atoms with Gasteiger partial charge in [-0.3, -0.25) is 9.69 Å². The summed E-state index contributed by atoms with van der Waals surface area (Å²) >= 11 is 0. The first-order valence-electron chi connectivity index (χ1n) is 7.67. The molecule has 1 heterocycles. The number of benzene rings is 1. The first kappa shape index (κ1) is 16.0. The zero-order valence-electron chi connectivity index (χ0n) is 13.0. The van der Waals surface area contributed by atoms with Crippen LogP contribution in [0.4, 0.5) is 0 Å². The number of ether oxygens (including phenoxy) is 2. The Bertz CT molecular complexity index is 435. The fourth-order valence-electron chi connectivity index (χ4n) is 2.95. The van der Waals surface area contributed by atoms with Crippen LogP contribution >= 0.6 is 0 Å². The predicted octanol–water partition coefficient (Wildman–Crippen LogP) is 2.48. The molecule has 0 N–H and O–H groups in total. The lowest BCUT2D eigenvalue weighted by Gasteiger charge is -2.37. The highest BCUT2D eigenvalue weighted by atomic mass is 16.5. The van der Waals surface area contributed by atoms with Gasteiger partial charge in [0.05, 0.1) is 19.1 Å². The van der Waals surface area contributed by atoms with Gasteiger partial charge < -0.3 is 9.47 Å². The summed E-state index contributed by atoms with van der Waals surface area (Å²) in [5.74, 6) is 0.155. The van der Waals surface area contributed by atoms with Crippen molar-refractivity contribution in [1.29, 1.82) is 0 Å². The summed E-state index contributed by atoms with van der Waals surface area (Å²) in [6.07, 6.45) is 1.54. The number of methoxy groups -OCH3 is 1. The molecule has 21 heavy (non-hydrogen) atoms. The molecule has 1 saturated heterocycles. The molecule has 1 aliphatic heterocycles. The Labute approximate surface area is 127 Å². The van der Waals surface area contributed by atoms with Crippen LogP contribution < -0.4 is 0 Å². The van der Waals surface area contributed by atoms with Crippen LogP contribution in [-0.2, 0) is 20.8 Å². The lowest BCUT2D eigenvalue weighted by molar-refractivity contribution is -0.146. The smallest absolute Gasteiger partial charge is 0.306 e. The third-order valence-corrected chi connectivity index (χ3v) is 4.07. The largest absolute Gasteiger partial charge is 0.466 e. The van der Waals surface area contributed by atoms with Crippen LogP contribution in [0.25, 0.3) is 0 Å². The van der Waals surface area contributed by atoms with E-state index >= 15 is 0 Å². The predicted molar refractivity (Wildman–Crippen MR) is 81.9 cm³/mol. The van der Waals surface area contributed by atoms with Crippen LogP contribution in [-0.4, -0.2) is 43.8 Å². The molecule has 0 saturated carbocycles. The monoisotopic (exact) mass is 291 g/mol. The summed E-state index contributed by atoms with van der Waals surface area (Å²) in [6, 6.07) is 10.5. The minimum Gasteiger partial charge on any atom is -0.466 e. The summed E-state index contributed by atoms with van der Waals surface area (Å²) in [4.78, 5) is 14.0. The lowest BCUT2D eigenvalue weighted by atomic mass is 9.90. The van der Waals surface area contributed by atoms with Crippen LogP contribution in [0.2, 0.25) is 0 Å². The van der Waals surface area contributed by atoms with Gasteiger partial charge >= 0.3 is 5.97 Å². The molecular weight excluding hydrogens is 266 g/mol. The van der Waals surface area contributed by atoms with E-state index in [0.29, 0.717) is 13.0 Å². The summed E-state index contributed by atoms with van der Waals surface area (Å²) in [6.45, 7) is 5.10. The summed E-state index contributed by atoms with van der Waals surface area (Å²) < 4.78 is 10.7. The molecule has 0 bridgehead atoms. The topological polar surface area (TPSA) is 38.8 Å². The fraction of sp³-hybridized carbons (Fsp3) is 0.588. The molecule has 2 rings (SSSR count). The Morgan fingerprint density at radius 3 is 2.76 bits per heavy atom. The second-order valence-corrected chi connectivity index (χ2v) is 5.55. The molecule has 0 spiro atoms. The van der Waals surface area contributed by atoms with Crippen LogP contribution in [0.5, 0.6) is 0 Å². The van der Waals surface area contributed by atoms with E-state index in [2.05, 4.69) is 29.2 Å². The minimum absolute atomic E-state index is 0.104. The lowest BCUT2D eigenvalue weighted by Crippen LogP contribution is -2.45. The third kappa shape index (κ3) is 4.83. The highest BCUT2D eigenvalue weighted by Crippen LogP contribution is 2.24. The number of piperidine rings is 1. The molecule has 0 aromatic heterocycles. The molecule has 0 radical (unpaired) electrons. The second kappa shape index (κ2) is 8.15. The first-order chi connectivity index (χ1) is 10.2. The van der Waals surface area contributed by atoms with E-state index < -0.39 is 0 Å².